The second-order valence-electron chi connectivity index (χ2n) is 4.38. The molecule has 1 fully saturated rings. The molecule has 1 atom stereocenters. The third kappa shape index (κ3) is 2.04. The number of rotatable bonds is 3. The zero-order valence-corrected chi connectivity index (χ0v) is 11.2. The summed E-state index contributed by atoms with van der Waals surface area (Å²) < 4.78 is 26.0. The summed E-state index contributed by atoms with van der Waals surface area (Å²) in [6.07, 6.45) is 1.92. The Hall–Kier alpha value is -0.390. The molecule has 0 aliphatic carbocycles. The summed E-state index contributed by atoms with van der Waals surface area (Å²) in [6, 6.07) is 4.09. The largest absolute Gasteiger partial charge is 0.217 e. The molecular weight excluding hydrogens is 242 g/mol. The highest BCUT2D eigenvalue weighted by molar-refractivity contribution is 7.89. The molecule has 3 nitrogen and oxygen atoms in total. The molecule has 16 heavy (non-hydrogen) atoms. The van der Waals surface area contributed by atoms with Crippen molar-refractivity contribution < 1.29 is 8.42 Å². The molecule has 1 unspecified atom stereocenters. The monoisotopic (exact) mass is 259 g/mol. The van der Waals surface area contributed by atoms with Crippen molar-refractivity contribution in [2.24, 2.45) is 0 Å². The Morgan fingerprint density at radius 3 is 2.81 bits per heavy atom. The second-order valence-corrected chi connectivity index (χ2v) is 7.80. The van der Waals surface area contributed by atoms with Gasteiger partial charge >= 0.3 is 0 Å². The standard InChI is InChI=1S/C11H17NO2S2/c1-9(2)16(13,14)12-7-3-5-10(12)11-6-4-8-15-11/h4,6,8-10H,3,5,7H2,1-2H3. The van der Waals surface area contributed by atoms with E-state index in [9.17, 15) is 8.42 Å². The van der Waals surface area contributed by atoms with Gasteiger partial charge in [-0.15, -0.1) is 11.3 Å². The molecule has 5 heteroatoms. The van der Waals surface area contributed by atoms with Gasteiger partial charge in [0, 0.05) is 11.4 Å². The highest BCUT2D eigenvalue weighted by Gasteiger charge is 2.36. The van der Waals surface area contributed by atoms with Crippen LogP contribution >= 0.6 is 11.3 Å². The number of hydrogen-bond donors (Lipinski definition) is 0. The molecule has 1 aliphatic heterocycles. The second kappa shape index (κ2) is 4.47. The first kappa shape index (κ1) is 12.1. The third-order valence-electron chi connectivity index (χ3n) is 3.00. The quantitative estimate of drug-likeness (QED) is 0.837. The fourth-order valence-electron chi connectivity index (χ4n) is 2.08. The summed E-state index contributed by atoms with van der Waals surface area (Å²) in [5.41, 5.74) is 0. The van der Waals surface area contributed by atoms with Crippen molar-refractivity contribution in [2.45, 2.75) is 38.0 Å². The van der Waals surface area contributed by atoms with Crippen molar-refractivity contribution in [3.05, 3.63) is 22.4 Å². The van der Waals surface area contributed by atoms with Gasteiger partial charge in [-0.25, -0.2) is 8.42 Å². The van der Waals surface area contributed by atoms with E-state index in [4.69, 9.17) is 0 Å². The number of thiophene rings is 1. The summed E-state index contributed by atoms with van der Waals surface area (Å²) in [6.45, 7) is 4.17. The van der Waals surface area contributed by atoms with Gasteiger partial charge in [0.2, 0.25) is 10.0 Å². The van der Waals surface area contributed by atoms with Crippen molar-refractivity contribution in [2.75, 3.05) is 6.54 Å². The minimum Gasteiger partial charge on any atom is -0.212 e. The van der Waals surface area contributed by atoms with Gasteiger partial charge in [-0.2, -0.15) is 4.31 Å². The van der Waals surface area contributed by atoms with E-state index >= 15 is 0 Å². The summed E-state index contributed by atoms with van der Waals surface area (Å²) in [5.74, 6) is 0. The average molecular weight is 259 g/mol. The van der Waals surface area contributed by atoms with Crippen molar-refractivity contribution in [1.29, 1.82) is 0 Å². The van der Waals surface area contributed by atoms with E-state index < -0.39 is 10.0 Å². The van der Waals surface area contributed by atoms with Crippen LogP contribution < -0.4 is 0 Å². The third-order valence-corrected chi connectivity index (χ3v) is 6.25. The van der Waals surface area contributed by atoms with Crippen molar-refractivity contribution in [3.8, 4) is 0 Å². The Balaban J connectivity index is 2.29. The molecule has 0 aromatic carbocycles. The first-order valence-electron chi connectivity index (χ1n) is 5.57. The van der Waals surface area contributed by atoms with Crippen LogP contribution in [0.5, 0.6) is 0 Å². The maximum Gasteiger partial charge on any atom is 0.217 e. The molecule has 0 radical (unpaired) electrons. The fourth-order valence-corrected chi connectivity index (χ4v) is 4.52. The Bertz CT molecular complexity index is 437. The van der Waals surface area contributed by atoms with E-state index in [0.717, 1.165) is 12.8 Å². The number of nitrogens with zero attached hydrogens (tertiary/aromatic N) is 1. The van der Waals surface area contributed by atoms with Crippen LogP contribution in [-0.4, -0.2) is 24.5 Å². The zero-order valence-electron chi connectivity index (χ0n) is 9.59. The molecule has 1 saturated heterocycles. The lowest BCUT2D eigenvalue weighted by atomic mass is 10.2. The van der Waals surface area contributed by atoms with Crippen molar-refractivity contribution in [3.63, 3.8) is 0 Å². The molecular formula is C11H17NO2S2. The van der Waals surface area contributed by atoms with Gasteiger partial charge in [0.15, 0.2) is 0 Å². The van der Waals surface area contributed by atoms with Crippen LogP contribution in [0.2, 0.25) is 0 Å². The lowest BCUT2D eigenvalue weighted by Crippen LogP contribution is -2.35. The van der Waals surface area contributed by atoms with Crippen LogP contribution in [0.3, 0.4) is 0 Å². The van der Waals surface area contributed by atoms with Crippen LogP contribution in [0.15, 0.2) is 17.5 Å². The molecule has 1 aromatic rings. The number of hydrogen-bond acceptors (Lipinski definition) is 3. The maximum atomic E-state index is 12.2. The minimum absolute atomic E-state index is 0.0763. The summed E-state index contributed by atoms with van der Waals surface area (Å²) in [5, 5.41) is 1.68. The summed E-state index contributed by atoms with van der Waals surface area (Å²) >= 11 is 1.65. The Morgan fingerprint density at radius 2 is 2.25 bits per heavy atom. The molecule has 0 bridgehead atoms. The molecule has 0 amide bonds. The van der Waals surface area contributed by atoms with Gasteiger partial charge in [0.1, 0.15) is 0 Å². The zero-order chi connectivity index (χ0) is 11.8. The summed E-state index contributed by atoms with van der Waals surface area (Å²) in [7, 11) is -3.11. The van der Waals surface area contributed by atoms with Gasteiger partial charge in [0.05, 0.1) is 11.3 Å². The maximum absolute atomic E-state index is 12.2. The lowest BCUT2D eigenvalue weighted by molar-refractivity contribution is 0.396. The number of sulfonamides is 1. The van der Waals surface area contributed by atoms with Gasteiger partial charge in [-0.3, -0.25) is 0 Å². The van der Waals surface area contributed by atoms with E-state index in [0.29, 0.717) is 6.54 Å². The molecule has 0 spiro atoms. The van der Waals surface area contributed by atoms with Gasteiger partial charge in [-0.1, -0.05) is 6.07 Å². The molecule has 0 saturated carbocycles. The molecule has 2 heterocycles. The van der Waals surface area contributed by atoms with Gasteiger partial charge in [-0.05, 0) is 38.1 Å². The van der Waals surface area contributed by atoms with Crippen molar-refractivity contribution in [1.82, 2.24) is 4.31 Å². The molecule has 1 aromatic heterocycles. The smallest absolute Gasteiger partial charge is 0.212 e. The SMILES string of the molecule is CC(C)S(=O)(=O)N1CCCC1c1cccs1. The van der Waals surface area contributed by atoms with E-state index in [-0.39, 0.29) is 11.3 Å². The van der Waals surface area contributed by atoms with E-state index in [1.54, 1.807) is 29.5 Å². The van der Waals surface area contributed by atoms with Gasteiger partial charge < -0.3 is 0 Å². The van der Waals surface area contributed by atoms with E-state index in [1.807, 2.05) is 17.5 Å². The Morgan fingerprint density at radius 1 is 1.50 bits per heavy atom. The topological polar surface area (TPSA) is 37.4 Å². The normalized spacial score (nSPS) is 23.1. The lowest BCUT2D eigenvalue weighted by Gasteiger charge is -2.25. The van der Waals surface area contributed by atoms with Crippen LogP contribution in [0.4, 0.5) is 0 Å². The van der Waals surface area contributed by atoms with E-state index in [2.05, 4.69) is 0 Å². The Kier molecular flexibility index (Phi) is 3.37. The van der Waals surface area contributed by atoms with Crippen LogP contribution in [0.1, 0.15) is 37.6 Å². The fraction of sp³-hybridized carbons (Fsp3) is 0.636. The van der Waals surface area contributed by atoms with Gasteiger partial charge in [0.25, 0.3) is 0 Å². The first-order valence-corrected chi connectivity index (χ1v) is 7.96. The highest BCUT2D eigenvalue weighted by Crippen LogP contribution is 2.37. The minimum atomic E-state index is -3.11. The molecule has 1 aliphatic rings. The molecule has 0 N–H and O–H groups in total. The van der Waals surface area contributed by atoms with Crippen LogP contribution in [0.25, 0.3) is 0 Å². The van der Waals surface area contributed by atoms with E-state index in [1.165, 1.54) is 4.88 Å². The molecule has 90 valence electrons. The average Bonchev–Trinajstić information content (AvgIpc) is 2.88. The van der Waals surface area contributed by atoms with Crippen molar-refractivity contribution >= 4 is 21.4 Å². The summed E-state index contributed by atoms with van der Waals surface area (Å²) in [4.78, 5) is 1.17. The predicted octanol–water partition coefficient (Wildman–Crippen LogP) is 2.62. The highest BCUT2D eigenvalue weighted by atomic mass is 32.2. The molecule has 2 rings (SSSR count). The predicted molar refractivity (Wildman–Crippen MR) is 67.1 cm³/mol. The van der Waals surface area contributed by atoms with Crippen LogP contribution in [-0.2, 0) is 10.0 Å². The first-order chi connectivity index (χ1) is 7.53. The Labute approximate surface area is 101 Å². The van der Waals surface area contributed by atoms with Crippen LogP contribution in [0, 0.1) is 0 Å².